The van der Waals surface area contributed by atoms with Crippen LogP contribution in [0.5, 0.6) is 0 Å². The van der Waals surface area contributed by atoms with Crippen molar-refractivity contribution in [3.63, 3.8) is 0 Å². The Morgan fingerprint density at radius 3 is 2.00 bits per heavy atom. The Morgan fingerprint density at radius 1 is 1.00 bits per heavy atom. The number of hydrogen-bond acceptors (Lipinski definition) is 1. The quantitative estimate of drug-likeness (QED) is 0.387. The maximum Gasteiger partial charge on any atom is 0.185 e. The van der Waals surface area contributed by atoms with Gasteiger partial charge in [-0.05, 0) is 32.5 Å². The lowest BCUT2D eigenvalue weighted by atomic mass is 10.1. The van der Waals surface area contributed by atoms with E-state index < -0.39 is 16.4 Å². The highest BCUT2D eigenvalue weighted by atomic mass is 28.4. The lowest BCUT2D eigenvalue weighted by molar-refractivity contribution is 0.236. The zero-order valence-corrected chi connectivity index (χ0v) is 14.8. The number of rotatable bonds is 6. The van der Waals surface area contributed by atoms with E-state index in [1.54, 1.807) is 0 Å². The van der Waals surface area contributed by atoms with Crippen molar-refractivity contribution in [1.29, 1.82) is 0 Å². The topological polar surface area (TPSA) is 9.23 Å². The fourth-order valence-electron chi connectivity index (χ4n) is 1.46. The van der Waals surface area contributed by atoms with Gasteiger partial charge in [-0.2, -0.15) is 0 Å². The Bertz CT molecular complexity index is 263. The molecule has 0 N–H and O–H groups in total. The van der Waals surface area contributed by atoms with Gasteiger partial charge in [-0.15, -0.1) is 5.54 Å². The van der Waals surface area contributed by atoms with E-state index in [1.807, 2.05) is 0 Å². The van der Waals surface area contributed by atoms with Gasteiger partial charge in [-0.25, -0.2) is 0 Å². The third-order valence-electron chi connectivity index (χ3n) is 2.17. The van der Waals surface area contributed by atoms with Crippen LogP contribution in [0, 0.1) is 11.5 Å². The van der Waals surface area contributed by atoms with E-state index in [4.69, 9.17) is 4.43 Å². The molecule has 3 heteroatoms. The van der Waals surface area contributed by atoms with Crippen molar-refractivity contribution in [1.82, 2.24) is 0 Å². The van der Waals surface area contributed by atoms with Crippen molar-refractivity contribution >= 4 is 16.4 Å². The van der Waals surface area contributed by atoms with Crippen LogP contribution in [0.4, 0.5) is 0 Å². The zero-order chi connectivity index (χ0) is 13.5. The normalized spacial score (nSPS) is 14.1. The summed E-state index contributed by atoms with van der Waals surface area (Å²) >= 11 is 0. The molecule has 0 heterocycles. The van der Waals surface area contributed by atoms with Crippen LogP contribution >= 0.6 is 0 Å². The Kier molecular flexibility index (Phi) is 7.38. The van der Waals surface area contributed by atoms with Crippen molar-refractivity contribution in [2.75, 3.05) is 0 Å². The summed E-state index contributed by atoms with van der Waals surface area (Å²) in [6.45, 7) is 15.8. The minimum absolute atomic E-state index is 0.181. The molecule has 1 atom stereocenters. The van der Waals surface area contributed by atoms with Crippen LogP contribution in [-0.2, 0) is 4.43 Å². The lowest BCUT2D eigenvalue weighted by Crippen LogP contribution is -2.31. The number of unbranched alkanes of at least 4 members (excludes halogenated alkanes) is 2. The molecule has 1 unspecified atom stereocenters. The first kappa shape index (κ1) is 17.0. The summed E-state index contributed by atoms with van der Waals surface area (Å²) in [6, 6.07) is 0. The highest BCUT2D eigenvalue weighted by Gasteiger charge is 2.20. The van der Waals surface area contributed by atoms with E-state index in [9.17, 15) is 0 Å². The van der Waals surface area contributed by atoms with Crippen LogP contribution in [0.2, 0.25) is 39.3 Å². The third-order valence-corrected chi connectivity index (χ3v) is 4.06. The molecular formula is C14H30OSi2. The summed E-state index contributed by atoms with van der Waals surface area (Å²) in [5.41, 5.74) is 3.46. The first-order valence-corrected chi connectivity index (χ1v) is 13.8. The highest BCUT2D eigenvalue weighted by Crippen LogP contribution is 2.13. The second-order valence-electron chi connectivity index (χ2n) is 6.73. The summed E-state index contributed by atoms with van der Waals surface area (Å²) in [4.78, 5) is 0. The van der Waals surface area contributed by atoms with E-state index in [1.165, 1.54) is 19.3 Å². The van der Waals surface area contributed by atoms with Gasteiger partial charge in [0.25, 0.3) is 0 Å². The SMILES string of the molecule is CCCCCC(C#C[Si](C)(C)C)O[Si](C)(C)C. The molecule has 0 rings (SSSR count). The van der Waals surface area contributed by atoms with Crippen LogP contribution in [0.15, 0.2) is 0 Å². The predicted octanol–water partition coefficient (Wildman–Crippen LogP) is 4.67. The summed E-state index contributed by atoms with van der Waals surface area (Å²) in [5.74, 6) is 3.40. The second-order valence-corrected chi connectivity index (χ2v) is 15.9. The molecule has 1 nitrogen and oxygen atoms in total. The molecule has 0 aliphatic rings. The molecule has 0 aromatic heterocycles. The molecule has 0 amide bonds. The molecule has 0 aromatic carbocycles. The molecule has 0 radical (unpaired) electrons. The maximum atomic E-state index is 6.17. The van der Waals surface area contributed by atoms with Gasteiger partial charge >= 0.3 is 0 Å². The van der Waals surface area contributed by atoms with E-state index in [2.05, 4.69) is 57.7 Å². The van der Waals surface area contributed by atoms with Crippen molar-refractivity contribution in [3.8, 4) is 11.5 Å². The van der Waals surface area contributed by atoms with Gasteiger partial charge in [0.2, 0.25) is 0 Å². The minimum Gasteiger partial charge on any atom is -0.404 e. The van der Waals surface area contributed by atoms with Crippen molar-refractivity contribution in [3.05, 3.63) is 0 Å². The molecule has 0 aliphatic heterocycles. The predicted molar refractivity (Wildman–Crippen MR) is 83.5 cm³/mol. The molecule has 100 valence electrons. The molecule has 17 heavy (non-hydrogen) atoms. The fourth-order valence-corrected chi connectivity index (χ4v) is 3.09. The van der Waals surface area contributed by atoms with Gasteiger partial charge in [0, 0.05) is 0 Å². The highest BCUT2D eigenvalue weighted by molar-refractivity contribution is 6.83. The van der Waals surface area contributed by atoms with Crippen LogP contribution in [0.25, 0.3) is 0 Å². The Labute approximate surface area is 110 Å². The van der Waals surface area contributed by atoms with Crippen LogP contribution in [-0.4, -0.2) is 22.5 Å². The summed E-state index contributed by atoms with van der Waals surface area (Å²) in [6.07, 6.45) is 5.09. The van der Waals surface area contributed by atoms with Gasteiger partial charge in [0.15, 0.2) is 8.32 Å². The van der Waals surface area contributed by atoms with Gasteiger partial charge in [0.1, 0.15) is 14.2 Å². The third kappa shape index (κ3) is 12.2. The molecule has 0 saturated heterocycles. The Balaban J connectivity index is 4.44. The summed E-state index contributed by atoms with van der Waals surface area (Å²) in [7, 11) is -2.73. The molecule has 0 aliphatic carbocycles. The van der Waals surface area contributed by atoms with E-state index in [-0.39, 0.29) is 6.10 Å². The van der Waals surface area contributed by atoms with Crippen LogP contribution in [0.3, 0.4) is 0 Å². The Morgan fingerprint density at radius 2 is 1.59 bits per heavy atom. The first-order chi connectivity index (χ1) is 7.64. The van der Waals surface area contributed by atoms with E-state index in [0.29, 0.717) is 0 Å². The van der Waals surface area contributed by atoms with Gasteiger partial charge in [-0.1, -0.05) is 45.3 Å². The minimum atomic E-state index is -1.46. The molecule has 0 spiro atoms. The first-order valence-electron chi connectivity index (χ1n) is 6.84. The van der Waals surface area contributed by atoms with Crippen molar-refractivity contribution in [2.24, 2.45) is 0 Å². The smallest absolute Gasteiger partial charge is 0.185 e. The molecule has 0 aromatic rings. The summed E-state index contributed by atoms with van der Waals surface area (Å²) < 4.78 is 6.17. The lowest BCUT2D eigenvalue weighted by Gasteiger charge is -2.23. The van der Waals surface area contributed by atoms with Gasteiger partial charge in [-0.3, -0.25) is 0 Å². The monoisotopic (exact) mass is 270 g/mol. The standard InChI is InChI=1S/C14H30OSi2/c1-8-9-10-11-14(15-17(5,6)7)12-13-16(2,3)4/h14H,8-11H2,1-7H3. The summed E-state index contributed by atoms with van der Waals surface area (Å²) in [5, 5.41) is 0. The molecule has 0 saturated carbocycles. The maximum absolute atomic E-state index is 6.17. The van der Waals surface area contributed by atoms with Crippen molar-refractivity contribution < 1.29 is 4.43 Å². The van der Waals surface area contributed by atoms with Crippen molar-refractivity contribution in [2.45, 2.75) is 78.0 Å². The fraction of sp³-hybridized carbons (Fsp3) is 0.857. The van der Waals surface area contributed by atoms with E-state index >= 15 is 0 Å². The number of hydrogen-bond donors (Lipinski definition) is 0. The van der Waals surface area contributed by atoms with Crippen LogP contribution < -0.4 is 0 Å². The molecule has 0 bridgehead atoms. The van der Waals surface area contributed by atoms with Gasteiger partial charge < -0.3 is 4.43 Å². The zero-order valence-electron chi connectivity index (χ0n) is 12.8. The second kappa shape index (κ2) is 7.40. The average molecular weight is 271 g/mol. The molecule has 0 fully saturated rings. The van der Waals surface area contributed by atoms with Gasteiger partial charge in [0.05, 0.1) is 0 Å². The van der Waals surface area contributed by atoms with Crippen LogP contribution in [0.1, 0.15) is 32.6 Å². The van der Waals surface area contributed by atoms with E-state index in [0.717, 1.165) is 6.42 Å². The largest absolute Gasteiger partial charge is 0.404 e. The average Bonchev–Trinajstić information content (AvgIpc) is 2.11. The Hall–Kier alpha value is -0.0462. The molecular weight excluding hydrogens is 240 g/mol.